The van der Waals surface area contributed by atoms with Crippen molar-refractivity contribution in [2.45, 2.75) is 32.0 Å². The number of nitrogens with zero attached hydrogens (tertiary/aromatic N) is 1. The summed E-state index contributed by atoms with van der Waals surface area (Å²) in [6, 6.07) is 15.1. The molecule has 1 atom stereocenters. The van der Waals surface area contributed by atoms with Crippen LogP contribution in [0.3, 0.4) is 0 Å². The molecule has 1 unspecified atom stereocenters. The average molecular weight is 443 g/mol. The van der Waals surface area contributed by atoms with Crippen LogP contribution in [0.25, 0.3) is 10.8 Å². The van der Waals surface area contributed by atoms with Gasteiger partial charge in [0.1, 0.15) is 11.8 Å². The van der Waals surface area contributed by atoms with Crippen LogP contribution in [-0.4, -0.2) is 39.7 Å². The molecular weight excluding hydrogens is 422 g/mol. The van der Waals surface area contributed by atoms with E-state index in [0.717, 1.165) is 16.5 Å². The summed E-state index contributed by atoms with van der Waals surface area (Å²) < 4.78 is 0. The van der Waals surface area contributed by atoms with Crippen molar-refractivity contribution in [3.8, 4) is 5.75 Å². The number of hydrogen-bond donors (Lipinski definition) is 3. The van der Waals surface area contributed by atoms with Crippen LogP contribution in [0.15, 0.2) is 54.6 Å². The SMILES string of the molecule is O=C1CCC(N2Cc3ccc(CNC(=O)c4cc(O)c5ccccc5c4)cc3C2=O)C(=O)N1. The van der Waals surface area contributed by atoms with Gasteiger partial charge >= 0.3 is 0 Å². The maximum absolute atomic E-state index is 12.9. The highest BCUT2D eigenvalue weighted by molar-refractivity contribution is 6.05. The molecule has 3 aromatic rings. The number of phenols is 1. The third-order valence-electron chi connectivity index (χ3n) is 6.15. The smallest absolute Gasteiger partial charge is 0.255 e. The number of hydrogen-bond acceptors (Lipinski definition) is 5. The van der Waals surface area contributed by atoms with Crippen molar-refractivity contribution in [2.75, 3.05) is 0 Å². The molecule has 0 saturated carbocycles. The fraction of sp³-hybridized carbons (Fsp3) is 0.200. The van der Waals surface area contributed by atoms with Gasteiger partial charge in [-0.2, -0.15) is 0 Å². The van der Waals surface area contributed by atoms with Crippen LogP contribution >= 0.6 is 0 Å². The highest BCUT2D eigenvalue weighted by Gasteiger charge is 2.39. The number of fused-ring (bicyclic) bond motifs is 2. The molecule has 1 fully saturated rings. The number of phenolic OH excluding ortho intramolecular Hbond substituents is 1. The first-order valence-electron chi connectivity index (χ1n) is 10.7. The van der Waals surface area contributed by atoms with Crippen molar-refractivity contribution in [3.05, 3.63) is 76.9 Å². The van der Waals surface area contributed by atoms with Crippen molar-refractivity contribution in [2.24, 2.45) is 0 Å². The summed E-state index contributed by atoms with van der Waals surface area (Å²) in [7, 11) is 0. The Balaban J connectivity index is 1.29. The number of carbonyl (C=O) groups excluding carboxylic acids is 4. The second-order valence-corrected chi connectivity index (χ2v) is 8.29. The van der Waals surface area contributed by atoms with E-state index in [4.69, 9.17) is 0 Å². The number of rotatable bonds is 4. The zero-order valence-corrected chi connectivity index (χ0v) is 17.6. The lowest BCUT2D eigenvalue weighted by Crippen LogP contribution is -2.52. The molecule has 2 aliphatic rings. The fourth-order valence-electron chi connectivity index (χ4n) is 4.42. The summed E-state index contributed by atoms with van der Waals surface area (Å²) in [6.45, 7) is 0.509. The van der Waals surface area contributed by atoms with Gasteiger partial charge in [0, 0.05) is 36.0 Å². The molecule has 4 amide bonds. The second-order valence-electron chi connectivity index (χ2n) is 8.29. The zero-order chi connectivity index (χ0) is 23.1. The number of piperidine rings is 1. The zero-order valence-electron chi connectivity index (χ0n) is 17.6. The number of amides is 4. The van der Waals surface area contributed by atoms with Gasteiger partial charge in [-0.15, -0.1) is 0 Å². The quantitative estimate of drug-likeness (QED) is 0.535. The molecule has 166 valence electrons. The highest BCUT2D eigenvalue weighted by atomic mass is 16.3. The Morgan fingerprint density at radius 1 is 1.09 bits per heavy atom. The first kappa shape index (κ1) is 20.7. The van der Waals surface area contributed by atoms with E-state index in [1.54, 1.807) is 18.2 Å². The minimum Gasteiger partial charge on any atom is -0.507 e. The Hall–Kier alpha value is -4.20. The van der Waals surface area contributed by atoms with Crippen molar-refractivity contribution in [1.29, 1.82) is 0 Å². The van der Waals surface area contributed by atoms with Crippen LogP contribution < -0.4 is 10.6 Å². The number of carbonyl (C=O) groups is 4. The summed E-state index contributed by atoms with van der Waals surface area (Å²) in [5, 5.41) is 16.8. The van der Waals surface area contributed by atoms with Crippen molar-refractivity contribution in [3.63, 3.8) is 0 Å². The first-order chi connectivity index (χ1) is 15.9. The Bertz CT molecular complexity index is 1330. The van der Waals surface area contributed by atoms with Crippen molar-refractivity contribution >= 4 is 34.4 Å². The minimum absolute atomic E-state index is 0.0370. The fourth-order valence-corrected chi connectivity index (χ4v) is 4.42. The first-order valence-corrected chi connectivity index (χ1v) is 10.7. The average Bonchev–Trinajstić information content (AvgIpc) is 3.13. The van der Waals surface area contributed by atoms with Crippen LogP contribution in [0.2, 0.25) is 0 Å². The predicted molar refractivity (Wildman–Crippen MR) is 119 cm³/mol. The van der Waals surface area contributed by atoms with Crippen LogP contribution in [0.5, 0.6) is 5.75 Å². The Morgan fingerprint density at radius 2 is 1.91 bits per heavy atom. The number of imide groups is 1. The summed E-state index contributed by atoms with van der Waals surface area (Å²) in [5.41, 5.74) is 2.38. The van der Waals surface area contributed by atoms with Gasteiger partial charge in [0.15, 0.2) is 0 Å². The molecule has 8 heteroatoms. The van der Waals surface area contributed by atoms with Gasteiger partial charge < -0.3 is 15.3 Å². The molecule has 5 rings (SSSR count). The van der Waals surface area contributed by atoms with Crippen LogP contribution in [-0.2, 0) is 22.7 Å². The van der Waals surface area contributed by atoms with E-state index < -0.39 is 11.9 Å². The third kappa shape index (κ3) is 3.80. The third-order valence-corrected chi connectivity index (χ3v) is 6.15. The predicted octanol–water partition coefficient (Wildman–Crippen LogP) is 2.24. The minimum atomic E-state index is -0.661. The second kappa shape index (κ2) is 8.05. The summed E-state index contributed by atoms with van der Waals surface area (Å²) in [4.78, 5) is 50.7. The Morgan fingerprint density at radius 3 is 2.73 bits per heavy atom. The van der Waals surface area contributed by atoms with Gasteiger partial charge in [-0.25, -0.2) is 0 Å². The molecule has 2 aliphatic heterocycles. The van der Waals surface area contributed by atoms with E-state index in [0.29, 0.717) is 29.5 Å². The molecule has 0 spiro atoms. The number of nitrogens with one attached hydrogen (secondary N) is 2. The van der Waals surface area contributed by atoms with E-state index in [1.807, 2.05) is 30.3 Å². The summed E-state index contributed by atoms with van der Waals surface area (Å²) in [6.07, 6.45) is 0.518. The highest BCUT2D eigenvalue weighted by Crippen LogP contribution is 2.29. The van der Waals surface area contributed by atoms with Gasteiger partial charge in [-0.1, -0.05) is 36.4 Å². The summed E-state index contributed by atoms with van der Waals surface area (Å²) in [5.74, 6) is -1.33. The maximum Gasteiger partial charge on any atom is 0.255 e. The van der Waals surface area contributed by atoms with Crippen LogP contribution in [0.4, 0.5) is 0 Å². The molecule has 0 radical (unpaired) electrons. The van der Waals surface area contributed by atoms with E-state index >= 15 is 0 Å². The molecule has 33 heavy (non-hydrogen) atoms. The van der Waals surface area contributed by atoms with Gasteiger partial charge in [-0.05, 0) is 41.1 Å². The molecule has 0 aromatic heterocycles. The molecule has 3 N–H and O–H groups in total. The monoisotopic (exact) mass is 443 g/mol. The standard InChI is InChI=1S/C25H21N3O5/c29-21-11-17(10-15-3-1-2-4-18(15)21)23(31)26-12-14-5-6-16-13-28(25(33)19(16)9-14)20-7-8-22(30)27-24(20)32/h1-6,9-11,20,29H,7-8,12-13H2,(H,26,31)(H,27,30,32). The molecule has 1 saturated heterocycles. The van der Waals surface area contributed by atoms with Crippen LogP contribution in [0, 0.1) is 0 Å². The molecule has 0 bridgehead atoms. The summed E-state index contributed by atoms with van der Waals surface area (Å²) >= 11 is 0. The van der Waals surface area contributed by atoms with Crippen molar-refractivity contribution < 1.29 is 24.3 Å². The van der Waals surface area contributed by atoms with E-state index in [9.17, 15) is 24.3 Å². The lowest BCUT2D eigenvalue weighted by atomic mass is 10.0. The molecule has 3 aromatic carbocycles. The lowest BCUT2D eigenvalue weighted by Gasteiger charge is -2.29. The molecule has 2 heterocycles. The van der Waals surface area contributed by atoms with Crippen molar-refractivity contribution in [1.82, 2.24) is 15.5 Å². The normalized spacial score (nSPS) is 17.8. The topological polar surface area (TPSA) is 116 Å². The van der Waals surface area contributed by atoms with Gasteiger partial charge in [0.25, 0.3) is 11.8 Å². The van der Waals surface area contributed by atoms with E-state index in [1.165, 1.54) is 11.0 Å². The number of benzene rings is 3. The Labute approximate surface area is 189 Å². The van der Waals surface area contributed by atoms with Crippen LogP contribution in [0.1, 0.15) is 44.7 Å². The maximum atomic E-state index is 12.9. The molecular formula is C25H21N3O5. The van der Waals surface area contributed by atoms with Gasteiger partial charge in [0.05, 0.1) is 0 Å². The molecule has 0 aliphatic carbocycles. The Kier molecular flexibility index (Phi) is 5.05. The van der Waals surface area contributed by atoms with E-state index in [-0.39, 0.29) is 36.4 Å². The molecule has 8 nitrogen and oxygen atoms in total. The van der Waals surface area contributed by atoms with Gasteiger partial charge in [0.2, 0.25) is 11.8 Å². The number of aromatic hydroxyl groups is 1. The largest absolute Gasteiger partial charge is 0.507 e. The van der Waals surface area contributed by atoms with E-state index in [2.05, 4.69) is 10.6 Å². The lowest BCUT2D eigenvalue weighted by molar-refractivity contribution is -0.136. The van der Waals surface area contributed by atoms with Gasteiger partial charge in [-0.3, -0.25) is 24.5 Å².